The van der Waals surface area contributed by atoms with Crippen molar-refractivity contribution in [2.45, 2.75) is 0 Å². The number of benzene rings is 1. The van der Waals surface area contributed by atoms with Gasteiger partial charge in [0, 0.05) is 22.7 Å². The molecule has 108 valence electrons. The van der Waals surface area contributed by atoms with Gasteiger partial charge in [0.15, 0.2) is 11.2 Å². The minimum atomic E-state index is -0.272. The van der Waals surface area contributed by atoms with Crippen LogP contribution in [0.15, 0.2) is 46.7 Å². The maximum Gasteiger partial charge on any atom is 0.276 e. The lowest BCUT2D eigenvalue weighted by molar-refractivity contribution is 1.15. The maximum atomic E-state index is 11.6. The molecule has 0 saturated carbocycles. The van der Waals surface area contributed by atoms with Crippen LogP contribution in [-0.2, 0) is 0 Å². The van der Waals surface area contributed by atoms with Crippen LogP contribution in [0.5, 0.6) is 0 Å². The second-order valence-electron chi connectivity index (χ2n) is 4.68. The molecule has 0 unspecified atom stereocenters. The van der Waals surface area contributed by atoms with Gasteiger partial charge in [0.05, 0.1) is 12.5 Å². The Balaban J connectivity index is 1.61. The number of hydrazone groups is 1. The fraction of sp³-hybridized carbons (Fsp3) is 0. The fourth-order valence-electron chi connectivity index (χ4n) is 2.26. The molecular formula is C14H11N7O. The molecule has 4 aromatic rings. The smallest absolute Gasteiger partial charge is 0.276 e. The van der Waals surface area contributed by atoms with E-state index in [0.717, 1.165) is 16.5 Å². The summed E-state index contributed by atoms with van der Waals surface area (Å²) >= 11 is 0. The van der Waals surface area contributed by atoms with E-state index in [-0.39, 0.29) is 5.56 Å². The van der Waals surface area contributed by atoms with Gasteiger partial charge in [0.1, 0.15) is 0 Å². The van der Waals surface area contributed by atoms with Crippen molar-refractivity contribution in [1.29, 1.82) is 0 Å². The van der Waals surface area contributed by atoms with Gasteiger partial charge in [-0.1, -0.05) is 18.2 Å². The summed E-state index contributed by atoms with van der Waals surface area (Å²) in [5.41, 5.74) is 5.14. The third kappa shape index (κ3) is 2.03. The minimum absolute atomic E-state index is 0.272. The standard InChI is InChI=1S/C14H11N7O/c22-13-11-12(16-7-17-13)20-14(19-11)21-18-6-8-5-15-10-4-2-1-3-9(8)10/h1-7,15H,(H3,16,17,19,20,21,22)/b18-6+. The van der Waals surface area contributed by atoms with Gasteiger partial charge >= 0.3 is 0 Å². The summed E-state index contributed by atoms with van der Waals surface area (Å²) in [6.45, 7) is 0. The molecule has 8 nitrogen and oxygen atoms in total. The highest BCUT2D eigenvalue weighted by Gasteiger charge is 2.05. The molecule has 3 aromatic heterocycles. The summed E-state index contributed by atoms with van der Waals surface area (Å²) in [6, 6.07) is 7.95. The van der Waals surface area contributed by atoms with Gasteiger partial charge in [-0.05, 0) is 6.07 Å². The Kier molecular flexibility index (Phi) is 2.72. The van der Waals surface area contributed by atoms with E-state index >= 15 is 0 Å². The van der Waals surface area contributed by atoms with E-state index in [1.807, 2.05) is 30.5 Å². The highest BCUT2D eigenvalue weighted by Crippen LogP contribution is 2.15. The Bertz CT molecular complexity index is 1040. The average Bonchev–Trinajstić information content (AvgIpc) is 3.13. The summed E-state index contributed by atoms with van der Waals surface area (Å²) in [7, 11) is 0. The molecular weight excluding hydrogens is 282 g/mol. The lowest BCUT2D eigenvalue weighted by Crippen LogP contribution is -2.05. The maximum absolute atomic E-state index is 11.6. The van der Waals surface area contributed by atoms with E-state index in [4.69, 9.17) is 0 Å². The highest BCUT2D eigenvalue weighted by molar-refractivity contribution is 5.99. The van der Waals surface area contributed by atoms with Gasteiger partial charge in [-0.3, -0.25) is 4.79 Å². The van der Waals surface area contributed by atoms with Crippen LogP contribution in [0.4, 0.5) is 5.95 Å². The van der Waals surface area contributed by atoms with Crippen molar-refractivity contribution in [3.05, 3.63) is 52.7 Å². The topological polar surface area (TPSA) is 115 Å². The molecule has 22 heavy (non-hydrogen) atoms. The molecule has 0 radical (unpaired) electrons. The number of nitrogens with zero attached hydrogens (tertiary/aromatic N) is 3. The minimum Gasteiger partial charge on any atom is -0.361 e. The highest BCUT2D eigenvalue weighted by atomic mass is 16.1. The molecule has 4 N–H and O–H groups in total. The van der Waals surface area contributed by atoms with Crippen molar-refractivity contribution >= 4 is 34.2 Å². The predicted octanol–water partition coefficient (Wildman–Crippen LogP) is 1.57. The molecule has 0 amide bonds. The van der Waals surface area contributed by atoms with Gasteiger partial charge < -0.3 is 15.0 Å². The molecule has 4 rings (SSSR count). The number of para-hydroxylation sites is 1. The first-order valence-corrected chi connectivity index (χ1v) is 6.60. The molecule has 0 fully saturated rings. The van der Waals surface area contributed by atoms with Gasteiger partial charge in [0.25, 0.3) is 5.56 Å². The molecule has 0 bridgehead atoms. The Morgan fingerprint density at radius 2 is 2.14 bits per heavy atom. The second-order valence-corrected chi connectivity index (χ2v) is 4.68. The van der Waals surface area contributed by atoms with Crippen molar-refractivity contribution in [2.24, 2.45) is 5.10 Å². The average molecular weight is 293 g/mol. The first kappa shape index (κ1) is 12.3. The van der Waals surface area contributed by atoms with Gasteiger partial charge in [-0.2, -0.15) is 10.1 Å². The molecule has 0 aliphatic rings. The van der Waals surface area contributed by atoms with Crippen LogP contribution < -0.4 is 11.0 Å². The SMILES string of the molecule is O=c1[nH]cnc2nc(N/N=C/c3c[nH]c4ccccc34)[nH]c12. The van der Waals surface area contributed by atoms with Crippen molar-refractivity contribution < 1.29 is 0 Å². The first-order valence-electron chi connectivity index (χ1n) is 6.60. The molecule has 1 aromatic carbocycles. The first-order chi connectivity index (χ1) is 10.8. The second kappa shape index (κ2) is 4.85. The largest absolute Gasteiger partial charge is 0.361 e. The van der Waals surface area contributed by atoms with Crippen LogP contribution in [0.25, 0.3) is 22.1 Å². The van der Waals surface area contributed by atoms with Gasteiger partial charge in [-0.25, -0.2) is 10.4 Å². The number of fused-ring (bicyclic) bond motifs is 2. The number of hydrogen-bond donors (Lipinski definition) is 4. The number of anilines is 1. The van der Waals surface area contributed by atoms with Crippen LogP contribution in [0.2, 0.25) is 0 Å². The van der Waals surface area contributed by atoms with Gasteiger partial charge in [-0.15, -0.1) is 0 Å². The number of imidazole rings is 1. The fourth-order valence-corrected chi connectivity index (χ4v) is 2.26. The Morgan fingerprint density at radius 3 is 3.05 bits per heavy atom. The monoisotopic (exact) mass is 293 g/mol. The molecule has 0 aliphatic carbocycles. The summed E-state index contributed by atoms with van der Waals surface area (Å²) < 4.78 is 0. The summed E-state index contributed by atoms with van der Waals surface area (Å²) in [6.07, 6.45) is 4.87. The van der Waals surface area contributed by atoms with Crippen molar-refractivity contribution in [3.63, 3.8) is 0 Å². The third-order valence-corrected chi connectivity index (χ3v) is 3.29. The number of rotatable bonds is 3. The molecule has 0 spiro atoms. The van der Waals surface area contributed by atoms with Crippen LogP contribution in [0, 0.1) is 0 Å². The number of aromatic amines is 3. The predicted molar refractivity (Wildman–Crippen MR) is 84.0 cm³/mol. The molecule has 0 aliphatic heterocycles. The Morgan fingerprint density at radius 1 is 1.23 bits per heavy atom. The number of hydrogen-bond acceptors (Lipinski definition) is 5. The molecule has 0 atom stereocenters. The number of aromatic nitrogens is 5. The van der Waals surface area contributed by atoms with E-state index in [9.17, 15) is 4.79 Å². The normalized spacial score (nSPS) is 11.6. The third-order valence-electron chi connectivity index (χ3n) is 3.29. The van der Waals surface area contributed by atoms with Crippen molar-refractivity contribution in [3.8, 4) is 0 Å². The van der Waals surface area contributed by atoms with Crippen molar-refractivity contribution in [2.75, 3.05) is 5.43 Å². The zero-order chi connectivity index (χ0) is 14.9. The lowest BCUT2D eigenvalue weighted by Gasteiger charge is -1.93. The van der Waals surface area contributed by atoms with Gasteiger partial charge in [0.2, 0.25) is 5.95 Å². The number of nitrogens with one attached hydrogen (secondary N) is 4. The summed E-state index contributed by atoms with van der Waals surface area (Å²) in [4.78, 5) is 28.1. The molecule has 3 heterocycles. The van der Waals surface area contributed by atoms with E-state index in [0.29, 0.717) is 17.1 Å². The zero-order valence-corrected chi connectivity index (χ0v) is 11.3. The quantitative estimate of drug-likeness (QED) is 0.339. The van der Waals surface area contributed by atoms with Crippen LogP contribution >= 0.6 is 0 Å². The Labute approximate surface area is 123 Å². The van der Waals surface area contributed by atoms with Crippen molar-refractivity contribution in [1.82, 2.24) is 24.9 Å². The molecule has 8 heteroatoms. The Hall–Kier alpha value is -3.42. The zero-order valence-electron chi connectivity index (χ0n) is 11.3. The van der Waals surface area contributed by atoms with Crippen LogP contribution in [0.3, 0.4) is 0 Å². The summed E-state index contributed by atoms with van der Waals surface area (Å²) in [5.74, 6) is 0.357. The van der Waals surface area contributed by atoms with Crippen LogP contribution in [-0.4, -0.2) is 31.1 Å². The lowest BCUT2D eigenvalue weighted by atomic mass is 10.2. The van der Waals surface area contributed by atoms with E-state index in [2.05, 4.69) is 35.4 Å². The number of H-pyrrole nitrogens is 3. The van der Waals surface area contributed by atoms with E-state index in [1.54, 1.807) is 6.21 Å². The van der Waals surface area contributed by atoms with E-state index in [1.165, 1.54) is 6.33 Å². The van der Waals surface area contributed by atoms with Crippen LogP contribution in [0.1, 0.15) is 5.56 Å². The summed E-state index contributed by atoms with van der Waals surface area (Å²) in [5, 5.41) is 5.21. The molecule has 0 saturated heterocycles. The van der Waals surface area contributed by atoms with E-state index < -0.39 is 0 Å².